The zero-order valence-corrected chi connectivity index (χ0v) is 21.5. The van der Waals surface area contributed by atoms with E-state index in [9.17, 15) is 14.4 Å². The predicted octanol–water partition coefficient (Wildman–Crippen LogP) is 5.88. The van der Waals surface area contributed by atoms with Crippen molar-refractivity contribution in [3.63, 3.8) is 0 Å². The Balaban J connectivity index is 1.36. The van der Waals surface area contributed by atoms with Crippen LogP contribution in [-0.2, 0) is 27.3 Å². The van der Waals surface area contributed by atoms with E-state index < -0.39 is 18.2 Å². The summed E-state index contributed by atoms with van der Waals surface area (Å²) in [5.41, 5.74) is 4.79. The molecule has 1 saturated heterocycles. The average molecular weight is 520 g/mol. The first-order valence-electron chi connectivity index (χ1n) is 12.8. The normalized spacial score (nSPS) is 16.4. The number of hydrogen-bond acceptors (Lipinski definition) is 4. The Bertz CT molecular complexity index is 1460. The molecule has 0 spiro atoms. The maximum absolute atomic E-state index is 13.6. The molecule has 7 heteroatoms. The van der Waals surface area contributed by atoms with Gasteiger partial charge in [-0.25, -0.2) is 4.79 Å². The highest BCUT2D eigenvalue weighted by atomic mass is 16.6. The van der Waals surface area contributed by atoms with Crippen LogP contribution in [0, 0.1) is 6.92 Å². The summed E-state index contributed by atoms with van der Waals surface area (Å²) in [6, 6.07) is 32.6. The Hall–Kier alpha value is -4.91. The maximum atomic E-state index is 13.6. The third-order valence-corrected chi connectivity index (χ3v) is 6.56. The van der Waals surface area contributed by atoms with Gasteiger partial charge in [-0.15, -0.1) is 0 Å². The van der Waals surface area contributed by atoms with Gasteiger partial charge in [-0.2, -0.15) is 0 Å². The van der Waals surface area contributed by atoms with E-state index in [0.29, 0.717) is 16.9 Å². The smallest absolute Gasteiger partial charge is 0.411 e. The van der Waals surface area contributed by atoms with Crippen LogP contribution >= 0.6 is 0 Å². The van der Waals surface area contributed by atoms with Crippen LogP contribution in [0.15, 0.2) is 109 Å². The van der Waals surface area contributed by atoms with Gasteiger partial charge >= 0.3 is 6.09 Å². The molecule has 3 amide bonds. The fraction of sp³-hybridized carbons (Fsp3) is 0.156. The summed E-state index contributed by atoms with van der Waals surface area (Å²) in [6.45, 7) is 2.21. The van der Waals surface area contributed by atoms with E-state index in [2.05, 4.69) is 10.6 Å². The predicted molar refractivity (Wildman–Crippen MR) is 150 cm³/mol. The van der Waals surface area contributed by atoms with E-state index in [1.165, 1.54) is 4.90 Å². The van der Waals surface area contributed by atoms with Gasteiger partial charge in [0.15, 0.2) is 12.1 Å². The molecule has 0 radical (unpaired) electrons. The molecule has 39 heavy (non-hydrogen) atoms. The minimum Gasteiger partial charge on any atom is -0.438 e. The first kappa shape index (κ1) is 25.7. The summed E-state index contributed by atoms with van der Waals surface area (Å²) in [6.07, 6.45) is -1.12. The lowest BCUT2D eigenvalue weighted by molar-refractivity contribution is -0.121. The molecule has 4 aromatic carbocycles. The van der Waals surface area contributed by atoms with Crippen molar-refractivity contribution in [3.8, 4) is 0 Å². The van der Waals surface area contributed by atoms with Crippen molar-refractivity contribution < 1.29 is 19.1 Å². The first-order valence-corrected chi connectivity index (χ1v) is 12.8. The lowest BCUT2D eigenvalue weighted by Gasteiger charge is -2.24. The van der Waals surface area contributed by atoms with Crippen LogP contribution in [0.3, 0.4) is 0 Å². The van der Waals surface area contributed by atoms with Gasteiger partial charge in [0.05, 0.1) is 13.0 Å². The quantitative estimate of drug-likeness (QED) is 0.304. The first-order chi connectivity index (χ1) is 19.0. The molecule has 0 aromatic heterocycles. The van der Waals surface area contributed by atoms with Crippen LogP contribution in [0.25, 0.3) is 0 Å². The van der Waals surface area contributed by atoms with Crippen molar-refractivity contribution in [2.75, 3.05) is 10.6 Å². The van der Waals surface area contributed by atoms with E-state index in [0.717, 1.165) is 16.7 Å². The molecule has 1 aliphatic heterocycles. The Kier molecular flexibility index (Phi) is 7.68. The van der Waals surface area contributed by atoms with Crippen LogP contribution < -0.4 is 10.6 Å². The molecule has 196 valence electrons. The van der Waals surface area contributed by atoms with Crippen LogP contribution in [0.4, 0.5) is 16.2 Å². The maximum Gasteiger partial charge on any atom is 0.411 e. The van der Waals surface area contributed by atoms with Crippen LogP contribution in [0.2, 0.25) is 0 Å². The summed E-state index contributed by atoms with van der Waals surface area (Å²) >= 11 is 0. The molecule has 2 atom stereocenters. The summed E-state index contributed by atoms with van der Waals surface area (Å²) < 4.78 is 5.77. The number of benzene rings is 4. The van der Waals surface area contributed by atoms with Gasteiger partial charge in [-0.3, -0.25) is 14.5 Å². The molecule has 0 saturated carbocycles. The van der Waals surface area contributed by atoms with Crippen LogP contribution in [-0.4, -0.2) is 28.8 Å². The number of nitrogens with one attached hydrogen (secondary N) is 2. The molecule has 0 bridgehead atoms. The number of nitrogens with zero attached hydrogens (tertiary/aromatic N) is 1. The topological polar surface area (TPSA) is 87.7 Å². The van der Waals surface area contributed by atoms with Crippen molar-refractivity contribution in [1.82, 2.24) is 4.90 Å². The lowest BCUT2D eigenvalue weighted by atomic mass is 10.00. The van der Waals surface area contributed by atoms with Crippen molar-refractivity contribution in [3.05, 3.63) is 131 Å². The Morgan fingerprint density at radius 2 is 1.41 bits per heavy atom. The number of hydrogen-bond donors (Lipinski definition) is 2. The van der Waals surface area contributed by atoms with Gasteiger partial charge in [0.25, 0.3) is 5.91 Å². The van der Waals surface area contributed by atoms with E-state index >= 15 is 0 Å². The second-order valence-electron chi connectivity index (χ2n) is 9.55. The minimum absolute atomic E-state index is 0.134. The summed E-state index contributed by atoms with van der Waals surface area (Å²) in [4.78, 5) is 40.6. The van der Waals surface area contributed by atoms with Crippen LogP contribution in [0.5, 0.6) is 0 Å². The largest absolute Gasteiger partial charge is 0.438 e. The summed E-state index contributed by atoms with van der Waals surface area (Å²) in [7, 11) is 0. The number of para-hydroxylation sites is 1. The fourth-order valence-corrected chi connectivity index (χ4v) is 4.70. The highest BCUT2D eigenvalue weighted by molar-refractivity contribution is 5.98. The molecule has 2 N–H and O–H groups in total. The Morgan fingerprint density at radius 3 is 2.10 bits per heavy atom. The Labute approximate surface area is 227 Å². The number of anilines is 2. The molecule has 1 fully saturated rings. The molecule has 5 rings (SSSR count). The van der Waals surface area contributed by atoms with Gasteiger partial charge in [-0.05, 0) is 47.9 Å². The molecule has 7 nitrogen and oxygen atoms in total. The number of carbonyl (C=O) groups excluding carboxylic acids is 3. The van der Waals surface area contributed by atoms with Gasteiger partial charge in [0.2, 0.25) is 5.91 Å². The third kappa shape index (κ3) is 6.33. The number of carbonyl (C=O) groups is 3. The molecule has 1 aliphatic rings. The Morgan fingerprint density at radius 1 is 0.769 bits per heavy atom. The second kappa shape index (κ2) is 11.6. The fourth-order valence-electron chi connectivity index (χ4n) is 4.70. The van der Waals surface area contributed by atoms with E-state index in [-0.39, 0.29) is 24.8 Å². The summed E-state index contributed by atoms with van der Waals surface area (Å²) in [5, 5.41) is 5.82. The van der Waals surface area contributed by atoms with Gasteiger partial charge in [0, 0.05) is 11.4 Å². The van der Waals surface area contributed by atoms with Crippen LogP contribution in [0.1, 0.15) is 28.4 Å². The van der Waals surface area contributed by atoms with Crippen molar-refractivity contribution in [2.45, 2.75) is 32.0 Å². The minimum atomic E-state index is -0.892. The second-order valence-corrected chi connectivity index (χ2v) is 9.55. The average Bonchev–Trinajstić information content (AvgIpc) is 3.26. The highest BCUT2D eigenvalue weighted by Crippen LogP contribution is 2.35. The standard InChI is InChI=1S/C32H29N3O4/c1-22-9-8-12-24(19-22)21-35-29(31(37)34-26-13-6-3-7-14-26)30(39-32(35)38)25-15-17-27(18-16-25)33-28(36)20-23-10-4-2-5-11-23/h2-19,29-30H,20-21H2,1H3,(H,33,36)(H,34,37)/t29-,30+/m1/s1. The highest BCUT2D eigenvalue weighted by Gasteiger charge is 2.47. The van der Waals surface area contributed by atoms with Crippen molar-refractivity contribution >= 4 is 29.3 Å². The zero-order valence-electron chi connectivity index (χ0n) is 21.5. The molecule has 4 aromatic rings. The number of aryl methyl sites for hydroxylation is 1. The third-order valence-electron chi connectivity index (χ3n) is 6.56. The van der Waals surface area contributed by atoms with E-state index in [1.54, 1.807) is 36.4 Å². The zero-order chi connectivity index (χ0) is 27.2. The number of rotatable bonds is 8. The van der Waals surface area contributed by atoms with E-state index in [4.69, 9.17) is 4.74 Å². The van der Waals surface area contributed by atoms with E-state index in [1.807, 2.05) is 79.7 Å². The van der Waals surface area contributed by atoms with Gasteiger partial charge in [-0.1, -0.05) is 90.5 Å². The molecular formula is C32H29N3O4. The van der Waals surface area contributed by atoms with Gasteiger partial charge < -0.3 is 15.4 Å². The summed E-state index contributed by atoms with van der Waals surface area (Å²) in [5.74, 6) is -0.476. The van der Waals surface area contributed by atoms with Crippen molar-refractivity contribution in [1.29, 1.82) is 0 Å². The molecule has 1 heterocycles. The molecule has 0 aliphatic carbocycles. The lowest BCUT2D eigenvalue weighted by Crippen LogP contribution is -2.43. The van der Waals surface area contributed by atoms with Gasteiger partial charge in [0.1, 0.15) is 0 Å². The number of amides is 3. The monoisotopic (exact) mass is 519 g/mol. The SMILES string of the molecule is Cc1cccc(CN2C(=O)O[C@@H](c3ccc(NC(=O)Cc4ccccc4)cc3)[C@@H]2C(=O)Nc2ccccc2)c1. The number of ether oxygens (including phenoxy) is 1. The molecular weight excluding hydrogens is 490 g/mol. The number of cyclic esters (lactones) is 1. The van der Waals surface area contributed by atoms with Crippen molar-refractivity contribution in [2.24, 2.45) is 0 Å². The molecule has 0 unspecified atom stereocenters.